The Bertz CT molecular complexity index is 1020. The number of hydrogen-bond acceptors (Lipinski definition) is 5. The summed E-state index contributed by atoms with van der Waals surface area (Å²) in [5.74, 6) is 1.41. The standard InChI is InChI=1S/C24H33ClN2O5S/c1-16(2)32-21-4-3-19(33(29,30)27-5-7-31-8-6-27)10-20(21)26-22(28)23-11-17-9-18(12-23)14-24(25,13-17)15-23/h3-4,10,16-18H,5-9,11-15H2,1-2H3,(H,26,28). The molecule has 182 valence electrons. The van der Waals surface area contributed by atoms with Gasteiger partial charge >= 0.3 is 0 Å². The zero-order chi connectivity index (χ0) is 23.4. The largest absolute Gasteiger partial charge is 0.489 e. The van der Waals surface area contributed by atoms with E-state index in [-0.39, 0.29) is 21.8 Å². The number of anilines is 1. The Morgan fingerprint density at radius 1 is 1.18 bits per heavy atom. The Hall–Kier alpha value is -1.35. The van der Waals surface area contributed by atoms with E-state index >= 15 is 0 Å². The average Bonchev–Trinajstić information content (AvgIpc) is 2.73. The molecule has 2 unspecified atom stereocenters. The lowest BCUT2D eigenvalue weighted by Gasteiger charge is -2.59. The zero-order valence-electron chi connectivity index (χ0n) is 19.3. The van der Waals surface area contributed by atoms with Crippen molar-refractivity contribution in [3.8, 4) is 5.75 Å². The molecule has 6 rings (SSSR count). The predicted octanol–water partition coefficient (Wildman–Crippen LogP) is 4.01. The Balaban J connectivity index is 1.45. The van der Waals surface area contributed by atoms with Crippen molar-refractivity contribution >= 4 is 33.2 Å². The summed E-state index contributed by atoms with van der Waals surface area (Å²) in [4.78, 5) is 13.6. The van der Waals surface area contributed by atoms with Gasteiger partial charge in [0.25, 0.3) is 0 Å². The van der Waals surface area contributed by atoms with Gasteiger partial charge in [0, 0.05) is 18.0 Å². The summed E-state index contributed by atoms with van der Waals surface area (Å²) in [7, 11) is -3.69. The van der Waals surface area contributed by atoms with Gasteiger partial charge in [-0.05, 0) is 82.4 Å². The first-order valence-corrected chi connectivity index (χ1v) is 13.8. The van der Waals surface area contributed by atoms with E-state index < -0.39 is 15.4 Å². The molecule has 1 aromatic carbocycles. The first-order valence-electron chi connectivity index (χ1n) is 12.0. The van der Waals surface area contributed by atoms with Crippen LogP contribution in [0, 0.1) is 17.3 Å². The smallest absolute Gasteiger partial charge is 0.243 e. The van der Waals surface area contributed by atoms with Crippen LogP contribution in [0.15, 0.2) is 23.1 Å². The number of amides is 1. The molecule has 5 fully saturated rings. The quantitative estimate of drug-likeness (QED) is 0.601. The molecule has 7 nitrogen and oxygen atoms in total. The first-order chi connectivity index (χ1) is 15.6. The van der Waals surface area contributed by atoms with Crippen LogP contribution in [0.1, 0.15) is 52.4 Å². The van der Waals surface area contributed by atoms with E-state index in [1.165, 1.54) is 16.8 Å². The molecule has 0 radical (unpaired) electrons. The summed E-state index contributed by atoms with van der Waals surface area (Å²) in [5, 5.41) is 3.08. The number of rotatable bonds is 6. The SMILES string of the molecule is CC(C)Oc1ccc(S(=O)(=O)N2CCOCC2)cc1NC(=O)C12CC3CC(CC(Cl)(C3)C1)C2. The number of nitrogens with zero attached hydrogens (tertiary/aromatic N) is 1. The van der Waals surface area contributed by atoms with Crippen LogP contribution in [-0.2, 0) is 19.6 Å². The fourth-order valence-electron chi connectivity index (χ4n) is 6.73. The molecule has 0 spiro atoms. The van der Waals surface area contributed by atoms with E-state index in [2.05, 4.69) is 5.32 Å². The monoisotopic (exact) mass is 496 g/mol. The molecule has 1 aliphatic heterocycles. The van der Waals surface area contributed by atoms with Gasteiger partial charge in [0.2, 0.25) is 15.9 Å². The number of sulfonamides is 1. The highest BCUT2D eigenvalue weighted by Gasteiger charge is 2.60. The first kappa shape index (κ1) is 23.4. The number of benzene rings is 1. The van der Waals surface area contributed by atoms with Gasteiger partial charge in [-0.15, -0.1) is 11.6 Å². The second kappa shape index (κ2) is 8.40. The molecule has 1 saturated heterocycles. The second-order valence-electron chi connectivity index (χ2n) is 10.7. The van der Waals surface area contributed by atoms with E-state index in [4.69, 9.17) is 21.1 Å². The van der Waals surface area contributed by atoms with E-state index in [9.17, 15) is 13.2 Å². The highest BCUT2D eigenvalue weighted by atomic mass is 35.5. The maximum absolute atomic E-state index is 13.7. The molecule has 2 atom stereocenters. The van der Waals surface area contributed by atoms with Crippen molar-refractivity contribution in [2.24, 2.45) is 17.3 Å². The molecule has 1 heterocycles. The Morgan fingerprint density at radius 2 is 1.85 bits per heavy atom. The molecule has 1 aromatic rings. The molecule has 5 aliphatic rings. The normalized spacial score (nSPS) is 33.9. The van der Waals surface area contributed by atoms with Crippen molar-refractivity contribution in [1.82, 2.24) is 4.31 Å². The number of halogens is 1. The maximum atomic E-state index is 13.7. The number of hydrogen-bond donors (Lipinski definition) is 1. The molecule has 33 heavy (non-hydrogen) atoms. The maximum Gasteiger partial charge on any atom is 0.243 e. The number of carbonyl (C=O) groups excluding carboxylic acids is 1. The Morgan fingerprint density at radius 3 is 2.45 bits per heavy atom. The summed E-state index contributed by atoms with van der Waals surface area (Å²) in [5.41, 5.74) is -0.0811. The highest BCUT2D eigenvalue weighted by molar-refractivity contribution is 7.89. The van der Waals surface area contributed by atoms with E-state index in [0.717, 1.165) is 25.7 Å². The fourth-order valence-corrected chi connectivity index (χ4v) is 8.86. The van der Waals surface area contributed by atoms with Gasteiger partial charge in [-0.25, -0.2) is 8.42 Å². The van der Waals surface area contributed by atoms with E-state index in [1.807, 2.05) is 13.8 Å². The van der Waals surface area contributed by atoms with Crippen molar-refractivity contribution in [1.29, 1.82) is 0 Å². The molecule has 4 saturated carbocycles. The van der Waals surface area contributed by atoms with Crippen LogP contribution in [0.25, 0.3) is 0 Å². The minimum atomic E-state index is -3.69. The molecule has 9 heteroatoms. The summed E-state index contributed by atoms with van der Waals surface area (Å²) in [6, 6.07) is 4.74. The summed E-state index contributed by atoms with van der Waals surface area (Å²) in [6.07, 6.45) is 5.44. The molecular weight excluding hydrogens is 464 g/mol. The summed E-state index contributed by atoms with van der Waals surface area (Å²) < 4.78 is 39.1. The third-order valence-corrected chi connectivity index (χ3v) is 9.98. The predicted molar refractivity (Wildman–Crippen MR) is 126 cm³/mol. The molecule has 4 bridgehead atoms. The van der Waals surface area contributed by atoms with Crippen LogP contribution in [0.4, 0.5) is 5.69 Å². The van der Waals surface area contributed by atoms with Crippen molar-refractivity contribution in [2.75, 3.05) is 31.6 Å². The number of alkyl halides is 1. The summed E-state index contributed by atoms with van der Waals surface area (Å²) >= 11 is 6.94. The molecule has 0 aromatic heterocycles. The number of carbonyl (C=O) groups is 1. The molecule has 4 aliphatic carbocycles. The van der Waals surface area contributed by atoms with Gasteiger partial charge in [-0.1, -0.05) is 0 Å². The van der Waals surface area contributed by atoms with Gasteiger partial charge in [-0.2, -0.15) is 4.31 Å². The van der Waals surface area contributed by atoms with Gasteiger partial charge in [0.05, 0.1) is 35.3 Å². The van der Waals surface area contributed by atoms with Crippen LogP contribution in [0.3, 0.4) is 0 Å². The van der Waals surface area contributed by atoms with Crippen LogP contribution >= 0.6 is 11.6 Å². The zero-order valence-corrected chi connectivity index (χ0v) is 20.9. The number of morpholine rings is 1. The average molecular weight is 497 g/mol. The van der Waals surface area contributed by atoms with Crippen LogP contribution < -0.4 is 10.1 Å². The van der Waals surface area contributed by atoms with Gasteiger partial charge in [-0.3, -0.25) is 4.79 Å². The Kier molecular flexibility index (Phi) is 5.95. The van der Waals surface area contributed by atoms with Crippen molar-refractivity contribution in [3.05, 3.63) is 18.2 Å². The van der Waals surface area contributed by atoms with Crippen molar-refractivity contribution < 1.29 is 22.7 Å². The second-order valence-corrected chi connectivity index (χ2v) is 13.4. The topological polar surface area (TPSA) is 84.9 Å². The highest BCUT2D eigenvalue weighted by Crippen LogP contribution is 2.64. The Labute approximate surface area is 201 Å². The van der Waals surface area contributed by atoms with Crippen LogP contribution in [0.5, 0.6) is 5.75 Å². The van der Waals surface area contributed by atoms with Crippen molar-refractivity contribution in [3.63, 3.8) is 0 Å². The van der Waals surface area contributed by atoms with Crippen molar-refractivity contribution in [2.45, 2.75) is 68.2 Å². The van der Waals surface area contributed by atoms with E-state index in [1.54, 1.807) is 12.1 Å². The van der Waals surface area contributed by atoms with Gasteiger partial charge < -0.3 is 14.8 Å². The number of nitrogens with one attached hydrogen (secondary N) is 1. The van der Waals surface area contributed by atoms with Gasteiger partial charge in [0.15, 0.2) is 0 Å². The minimum absolute atomic E-state index is 0.0591. The molecule has 1 amide bonds. The molecular formula is C24H33ClN2O5S. The lowest BCUT2D eigenvalue weighted by atomic mass is 9.49. The fraction of sp³-hybridized carbons (Fsp3) is 0.708. The lowest BCUT2D eigenvalue weighted by Crippen LogP contribution is -2.57. The molecule has 1 N–H and O–H groups in total. The number of ether oxygens (including phenoxy) is 2. The third kappa shape index (κ3) is 4.40. The van der Waals surface area contributed by atoms with Crippen LogP contribution in [-0.4, -0.2) is 55.9 Å². The minimum Gasteiger partial charge on any atom is -0.489 e. The van der Waals surface area contributed by atoms with Gasteiger partial charge in [0.1, 0.15) is 5.75 Å². The summed E-state index contributed by atoms with van der Waals surface area (Å²) in [6.45, 7) is 5.20. The van der Waals surface area contributed by atoms with E-state index in [0.29, 0.717) is 56.0 Å². The third-order valence-electron chi connectivity index (χ3n) is 7.64. The van der Waals surface area contributed by atoms with Crippen LogP contribution in [0.2, 0.25) is 0 Å². The lowest BCUT2D eigenvalue weighted by molar-refractivity contribution is -0.138.